The fraction of sp³-hybridized carbons (Fsp3) is 0.600. The molecule has 2 atom stereocenters. The molecule has 0 spiro atoms. The third-order valence-electron chi connectivity index (χ3n) is 4.22. The second-order valence-corrected chi connectivity index (χ2v) is 5.49. The smallest absolute Gasteiger partial charge is 0.0324 e. The molecule has 2 nitrogen and oxygen atoms in total. The molecule has 1 saturated carbocycles. The lowest BCUT2D eigenvalue weighted by Crippen LogP contribution is -2.41. The Morgan fingerprint density at radius 1 is 1.18 bits per heavy atom. The maximum absolute atomic E-state index is 6.27. The molecule has 2 rings (SSSR count). The highest BCUT2D eigenvalue weighted by molar-refractivity contribution is 5.27. The van der Waals surface area contributed by atoms with Crippen LogP contribution in [0.1, 0.15) is 56.2 Å². The summed E-state index contributed by atoms with van der Waals surface area (Å²) < 4.78 is 0. The maximum atomic E-state index is 6.27. The van der Waals surface area contributed by atoms with Crippen LogP contribution in [0.25, 0.3) is 0 Å². The lowest BCUT2D eigenvalue weighted by atomic mass is 9.74. The van der Waals surface area contributed by atoms with Gasteiger partial charge in [-0.15, -0.1) is 0 Å². The summed E-state index contributed by atoms with van der Waals surface area (Å²) in [5.41, 5.74) is 14.7. The SMILES string of the molecule is CCC(C)c1ccc(C(N)C2CC(N)C2)cc1. The van der Waals surface area contributed by atoms with E-state index in [1.165, 1.54) is 17.5 Å². The minimum atomic E-state index is 0.167. The molecule has 17 heavy (non-hydrogen) atoms. The molecule has 0 heterocycles. The topological polar surface area (TPSA) is 52.0 Å². The normalized spacial score (nSPS) is 27.3. The number of hydrogen-bond acceptors (Lipinski definition) is 2. The van der Waals surface area contributed by atoms with Crippen molar-refractivity contribution in [3.8, 4) is 0 Å². The van der Waals surface area contributed by atoms with Crippen LogP contribution in [0.2, 0.25) is 0 Å². The van der Waals surface area contributed by atoms with Crippen molar-refractivity contribution in [2.75, 3.05) is 0 Å². The van der Waals surface area contributed by atoms with E-state index in [0.29, 0.717) is 17.9 Å². The highest BCUT2D eigenvalue weighted by Gasteiger charge is 2.31. The van der Waals surface area contributed by atoms with Gasteiger partial charge >= 0.3 is 0 Å². The maximum Gasteiger partial charge on any atom is 0.0324 e. The highest BCUT2D eigenvalue weighted by atomic mass is 14.7. The standard InChI is InChI=1S/C15H24N2/c1-3-10(2)11-4-6-12(7-5-11)15(17)13-8-14(16)9-13/h4-7,10,13-15H,3,8-9,16-17H2,1-2H3. The first-order valence-corrected chi connectivity index (χ1v) is 6.72. The van der Waals surface area contributed by atoms with Gasteiger partial charge in [-0.05, 0) is 42.2 Å². The first-order chi connectivity index (χ1) is 8.11. The van der Waals surface area contributed by atoms with E-state index < -0.39 is 0 Å². The van der Waals surface area contributed by atoms with E-state index in [1.54, 1.807) is 0 Å². The van der Waals surface area contributed by atoms with E-state index in [2.05, 4.69) is 38.1 Å². The average Bonchev–Trinajstić information content (AvgIpc) is 2.33. The van der Waals surface area contributed by atoms with Crippen molar-refractivity contribution in [3.63, 3.8) is 0 Å². The fourth-order valence-corrected chi connectivity index (χ4v) is 2.56. The molecule has 2 heteroatoms. The van der Waals surface area contributed by atoms with E-state index in [4.69, 9.17) is 11.5 Å². The number of hydrogen-bond donors (Lipinski definition) is 2. The Labute approximate surface area is 104 Å². The summed E-state index contributed by atoms with van der Waals surface area (Å²) in [6, 6.07) is 9.38. The Morgan fingerprint density at radius 3 is 2.18 bits per heavy atom. The zero-order valence-electron chi connectivity index (χ0n) is 10.9. The Balaban J connectivity index is 2.02. The van der Waals surface area contributed by atoms with Gasteiger partial charge in [0.25, 0.3) is 0 Å². The molecule has 2 unspecified atom stereocenters. The van der Waals surface area contributed by atoms with Crippen LogP contribution in [-0.2, 0) is 0 Å². The molecule has 1 aromatic carbocycles. The first-order valence-electron chi connectivity index (χ1n) is 6.72. The molecule has 0 saturated heterocycles. The summed E-state index contributed by atoms with van der Waals surface area (Å²) in [7, 11) is 0. The molecule has 94 valence electrons. The Bertz CT molecular complexity index is 352. The highest BCUT2D eigenvalue weighted by Crippen LogP contribution is 2.35. The van der Waals surface area contributed by atoms with Crippen molar-refractivity contribution in [1.29, 1.82) is 0 Å². The third kappa shape index (κ3) is 2.70. The average molecular weight is 232 g/mol. The molecule has 4 N–H and O–H groups in total. The van der Waals surface area contributed by atoms with Crippen molar-refractivity contribution < 1.29 is 0 Å². The lowest BCUT2D eigenvalue weighted by Gasteiger charge is -2.37. The van der Waals surface area contributed by atoms with Crippen LogP contribution in [0.15, 0.2) is 24.3 Å². The van der Waals surface area contributed by atoms with Gasteiger partial charge in [0.05, 0.1) is 0 Å². The molecular weight excluding hydrogens is 208 g/mol. The molecule has 1 aliphatic rings. The van der Waals surface area contributed by atoms with Gasteiger partial charge in [-0.2, -0.15) is 0 Å². The third-order valence-corrected chi connectivity index (χ3v) is 4.22. The summed E-state index contributed by atoms with van der Waals surface area (Å²) >= 11 is 0. The molecule has 1 aliphatic carbocycles. The Hall–Kier alpha value is -0.860. The largest absolute Gasteiger partial charge is 0.328 e. The van der Waals surface area contributed by atoms with Crippen LogP contribution in [0, 0.1) is 5.92 Å². The zero-order valence-corrected chi connectivity index (χ0v) is 10.9. The summed E-state index contributed by atoms with van der Waals surface area (Å²) in [6.45, 7) is 4.49. The second-order valence-electron chi connectivity index (χ2n) is 5.49. The van der Waals surface area contributed by atoms with Crippen molar-refractivity contribution in [3.05, 3.63) is 35.4 Å². The van der Waals surface area contributed by atoms with Crippen LogP contribution in [0.4, 0.5) is 0 Å². The lowest BCUT2D eigenvalue weighted by molar-refractivity contribution is 0.224. The van der Waals surface area contributed by atoms with Gasteiger partial charge in [0, 0.05) is 12.1 Å². The van der Waals surface area contributed by atoms with Gasteiger partial charge in [-0.3, -0.25) is 0 Å². The first kappa shape index (κ1) is 12.6. The van der Waals surface area contributed by atoms with Gasteiger partial charge in [0.1, 0.15) is 0 Å². The molecule has 0 bridgehead atoms. The van der Waals surface area contributed by atoms with Crippen molar-refractivity contribution >= 4 is 0 Å². The predicted octanol–water partition coefficient (Wildman–Crippen LogP) is 2.94. The van der Waals surface area contributed by atoms with Crippen molar-refractivity contribution in [2.24, 2.45) is 17.4 Å². The van der Waals surface area contributed by atoms with E-state index in [1.807, 2.05) is 0 Å². The van der Waals surface area contributed by atoms with Crippen LogP contribution in [-0.4, -0.2) is 6.04 Å². The molecule has 0 radical (unpaired) electrons. The van der Waals surface area contributed by atoms with Gasteiger partial charge in [0.2, 0.25) is 0 Å². The van der Waals surface area contributed by atoms with Crippen LogP contribution >= 0.6 is 0 Å². The predicted molar refractivity (Wildman–Crippen MR) is 72.8 cm³/mol. The van der Waals surface area contributed by atoms with Crippen molar-refractivity contribution in [1.82, 2.24) is 0 Å². The zero-order chi connectivity index (χ0) is 12.4. The minimum Gasteiger partial charge on any atom is -0.328 e. The van der Waals surface area contributed by atoms with Crippen molar-refractivity contribution in [2.45, 2.75) is 51.1 Å². The van der Waals surface area contributed by atoms with E-state index in [9.17, 15) is 0 Å². The van der Waals surface area contributed by atoms with E-state index in [0.717, 1.165) is 12.8 Å². The monoisotopic (exact) mass is 232 g/mol. The molecule has 1 fully saturated rings. The summed E-state index contributed by atoms with van der Waals surface area (Å²) in [6.07, 6.45) is 3.34. The molecule has 1 aromatic rings. The van der Waals surface area contributed by atoms with E-state index in [-0.39, 0.29) is 6.04 Å². The molecular formula is C15H24N2. The summed E-state index contributed by atoms with van der Waals surface area (Å²) in [5, 5.41) is 0. The van der Waals surface area contributed by atoms with E-state index >= 15 is 0 Å². The van der Waals surface area contributed by atoms with Gasteiger partial charge in [0.15, 0.2) is 0 Å². The Kier molecular flexibility index (Phi) is 3.85. The number of nitrogens with two attached hydrogens (primary N) is 2. The van der Waals surface area contributed by atoms with Crippen LogP contribution < -0.4 is 11.5 Å². The van der Waals surface area contributed by atoms with Gasteiger partial charge in [-0.1, -0.05) is 38.1 Å². The van der Waals surface area contributed by atoms with Crippen LogP contribution in [0.5, 0.6) is 0 Å². The van der Waals surface area contributed by atoms with Gasteiger partial charge in [-0.25, -0.2) is 0 Å². The summed E-state index contributed by atoms with van der Waals surface area (Å²) in [5.74, 6) is 1.22. The minimum absolute atomic E-state index is 0.167. The summed E-state index contributed by atoms with van der Waals surface area (Å²) in [4.78, 5) is 0. The molecule has 0 aromatic heterocycles. The fourth-order valence-electron chi connectivity index (χ4n) is 2.56. The van der Waals surface area contributed by atoms with Gasteiger partial charge < -0.3 is 11.5 Å². The number of rotatable bonds is 4. The molecule has 0 aliphatic heterocycles. The molecule has 0 amide bonds. The van der Waals surface area contributed by atoms with Crippen LogP contribution in [0.3, 0.4) is 0 Å². The quantitative estimate of drug-likeness (QED) is 0.838. The number of benzene rings is 1. The Morgan fingerprint density at radius 2 is 1.71 bits per heavy atom. The second kappa shape index (κ2) is 5.19.